The largest absolute Gasteiger partial charge is 0.385 e. The average Bonchev–Trinajstić information content (AvgIpc) is 2.29. The van der Waals surface area contributed by atoms with E-state index in [1.165, 1.54) is 0 Å². The van der Waals surface area contributed by atoms with Gasteiger partial charge in [-0.15, -0.1) is 12.4 Å². The summed E-state index contributed by atoms with van der Waals surface area (Å²) in [7, 11) is -1.59. The number of hydrogen-bond acceptors (Lipinski definition) is 4. The topological polar surface area (TPSA) is 72.6 Å². The Morgan fingerprint density at radius 1 is 1.44 bits per heavy atom. The molecule has 1 rings (SSSR count). The molecule has 2 unspecified atom stereocenters. The summed E-state index contributed by atoms with van der Waals surface area (Å²) < 4.78 is 30.9. The number of nitrogens with two attached hydrogens (primary N) is 1. The van der Waals surface area contributed by atoms with Crippen LogP contribution in [0.2, 0.25) is 0 Å². The summed E-state index contributed by atoms with van der Waals surface area (Å²) >= 11 is 0. The number of ether oxygens (including phenoxy) is 1. The molecule has 0 aromatic heterocycles. The molecule has 1 aliphatic heterocycles. The highest BCUT2D eigenvalue weighted by atomic mass is 35.5. The second-order valence-electron chi connectivity index (χ2n) is 4.70. The smallest absolute Gasteiger partial charge is 0.214 e. The van der Waals surface area contributed by atoms with Crippen molar-refractivity contribution in [3.05, 3.63) is 0 Å². The van der Waals surface area contributed by atoms with Gasteiger partial charge in [0.25, 0.3) is 0 Å². The van der Waals surface area contributed by atoms with Crippen LogP contribution in [-0.4, -0.2) is 50.8 Å². The number of nitrogens with zero attached hydrogens (tertiary/aromatic N) is 1. The first-order valence-electron chi connectivity index (χ1n) is 6.23. The number of methoxy groups -OCH3 is 1. The molecular formula is C11H25ClN2O3S. The van der Waals surface area contributed by atoms with E-state index in [0.717, 1.165) is 19.3 Å². The van der Waals surface area contributed by atoms with Crippen molar-refractivity contribution in [3.8, 4) is 0 Å². The molecule has 1 saturated heterocycles. The first-order chi connectivity index (χ1) is 7.99. The maximum absolute atomic E-state index is 12.2. The third kappa shape index (κ3) is 5.01. The van der Waals surface area contributed by atoms with E-state index in [4.69, 9.17) is 10.5 Å². The van der Waals surface area contributed by atoms with Gasteiger partial charge in [-0.1, -0.05) is 6.42 Å². The molecule has 7 heteroatoms. The molecule has 0 radical (unpaired) electrons. The molecule has 0 saturated carbocycles. The number of rotatable bonds is 6. The minimum atomic E-state index is -3.18. The molecule has 0 aromatic rings. The van der Waals surface area contributed by atoms with Crippen molar-refractivity contribution in [2.45, 2.75) is 44.7 Å². The molecule has 1 heterocycles. The minimum Gasteiger partial charge on any atom is -0.385 e. The average molecular weight is 301 g/mol. The van der Waals surface area contributed by atoms with Crippen LogP contribution in [-0.2, 0) is 14.8 Å². The van der Waals surface area contributed by atoms with Crippen LogP contribution in [0.1, 0.15) is 32.6 Å². The van der Waals surface area contributed by atoms with Crippen molar-refractivity contribution in [3.63, 3.8) is 0 Å². The van der Waals surface area contributed by atoms with E-state index in [1.54, 1.807) is 11.4 Å². The highest BCUT2D eigenvalue weighted by Gasteiger charge is 2.33. The van der Waals surface area contributed by atoms with Crippen LogP contribution in [0.3, 0.4) is 0 Å². The van der Waals surface area contributed by atoms with Gasteiger partial charge in [0, 0.05) is 32.3 Å². The normalized spacial score (nSPS) is 23.4. The van der Waals surface area contributed by atoms with Crippen molar-refractivity contribution in [2.24, 2.45) is 5.73 Å². The zero-order valence-corrected chi connectivity index (χ0v) is 12.8. The van der Waals surface area contributed by atoms with E-state index < -0.39 is 10.0 Å². The lowest BCUT2D eigenvalue weighted by atomic mass is 10.00. The van der Waals surface area contributed by atoms with E-state index in [-0.39, 0.29) is 30.2 Å². The van der Waals surface area contributed by atoms with Gasteiger partial charge >= 0.3 is 0 Å². The van der Waals surface area contributed by atoms with Crippen LogP contribution < -0.4 is 5.73 Å². The quantitative estimate of drug-likeness (QED) is 0.742. The van der Waals surface area contributed by atoms with E-state index in [9.17, 15) is 8.42 Å². The summed E-state index contributed by atoms with van der Waals surface area (Å²) in [6, 6.07) is -0.135. The molecule has 5 nitrogen and oxygen atoms in total. The van der Waals surface area contributed by atoms with Gasteiger partial charge in [0.1, 0.15) is 0 Å². The second kappa shape index (κ2) is 8.32. The molecule has 0 spiro atoms. The molecule has 18 heavy (non-hydrogen) atoms. The summed E-state index contributed by atoms with van der Waals surface area (Å²) in [6.45, 7) is 2.98. The summed E-state index contributed by atoms with van der Waals surface area (Å²) in [4.78, 5) is 0. The van der Waals surface area contributed by atoms with Crippen LogP contribution in [0.5, 0.6) is 0 Å². The Balaban J connectivity index is 0.00000289. The number of sulfonamides is 1. The monoisotopic (exact) mass is 300 g/mol. The predicted octanol–water partition coefficient (Wildman–Crippen LogP) is 0.976. The second-order valence-corrected chi connectivity index (χ2v) is 6.74. The Morgan fingerprint density at radius 2 is 2.11 bits per heavy atom. The standard InChI is InChI=1S/C11H24N2O3S.ClH/c1-10(12)11-6-3-4-7-13(11)17(14,15)9-5-8-16-2;/h10-11H,3-9,12H2,1-2H3;1H. The molecule has 0 aliphatic carbocycles. The van der Waals surface area contributed by atoms with E-state index >= 15 is 0 Å². The van der Waals surface area contributed by atoms with Gasteiger partial charge in [0.2, 0.25) is 10.0 Å². The number of piperidine rings is 1. The maximum atomic E-state index is 12.2. The highest BCUT2D eigenvalue weighted by Crippen LogP contribution is 2.22. The third-order valence-corrected chi connectivity index (χ3v) is 5.19. The first kappa shape index (κ1) is 18.1. The van der Waals surface area contributed by atoms with Gasteiger partial charge in [-0.05, 0) is 26.2 Å². The van der Waals surface area contributed by atoms with Crippen LogP contribution in [0.25, 0.3) is 0 Å². The van der Waals surface area contributed by atoms with E-state index in [0.29, 0.717) is 19.6 Å². The summed E-state index contributed by atoms with van der Waals surface area (Å²) in [6.07, 6.45) is 3.42. The Bertz CT molecular complexity index is 322. The molecule has 0 amide bonds. The van der Waals surface area contributed by atoms with Gasteiger partial charge < -0.3 is 10.5 Å². The van der Waals surface area contributed by atoms with Crippen LogP contribution in [0, 0.1) is 0 Å². The Morgan fingerprint density at radius 3 is 2.67 bits per heavy atom. The van der Waals surface area contributed by atoms with Crippen molar-refractivity contribution in [2.75, 3.05) is 26.0 Å². The summed E-state index contributed by atoms with van der Waals surface area (Å²) in [5.74, 6) is 0.157. The molecule has 110 valence electrons. The van der Waals surface area contributed by atoms with Crippen molar-refractivity contribution >= 4 is 22.4 Å². The Hall–Kier alpha value is 0.120. The molecule has 1 aliphatic rings. The van der Waals surface area contributed by atoms with Gasteiger partial charge in [-0.2, -0.15) is 4.31 Å². The maximum Gasteiger partial charge on any atom is 0.214 e. The van der Waals surface area contributed by atoms with Gasteiger partial charge in [0.15, 0.2) is 0 Å². The van der Waals surface area contributed by atoms with Crippen LogP contribution in [0.15, 0.2) is 0 Å². The van der Waals surface area contributed by atoms with Crippen molar-refractivity contribution < 1.29 is 13.2 Å². The Labute approximate surface area is 117 Å². The lowest BCUT2D eigenvalue weighted by Crippen LogP contribution is -2.52. The minimum absolute atomic E-state index is 0. The van der Waals surface area contributed by atoms with Crippen LogP contribution >= 0.6 is 12.4 Å². The first-order valence-corrected chi connectivity index (χ1v) is 7.84. The van der Waals surface area contributed by atoms with Gasteiger partial charge in [0.05, 0.1) is 5.75 Å². The van der Waals surface area contributed by atoms with Crippen molar-refractivity contribution in [1.29, 1.82) is 0 Å². The summed E-state index contributed by atoms with van der Waals surface area (Å²) in [5, 5.41) is 0. The summed E-state index contributed by atoms with van der Waals surface area (Å²) in [5.41, 5.74) is 5.88. The van der Waals surface area contributed by atoms with E-state index in [2.05, 4.69) is 0 Å². The predicted molar refractivity (Wildman–Crippen MR) is 75.5 cm³/mol. The molecule has 2 N–H and O–H groups in total. The zero-order chi connectivity index (χ0) is 12.9. The molecule has 0 bridgehead atoms. The fourth-order valence-electron chi connectivity index (χ4n) is 2.30. The SMILES string of the molecule is COCCCS(=O)(=O)N1CCCCC1C(C)N.Cl. The molecule has 1 fully saturated rings. The molecular weight excluding hydrogens is 276 g/mol. The van der Waals surface area contributed by atoms with Gasteiger partial charge in [-0.25, -0.2) is 8.42 Å². The van der Waals surface area contributed by atoms with Gasteiger partial charge in [-0.3, -0.25) is 0 Å². The third-order valence-electron chi connectivity index (χ3n) is 3.21. The fraction of sp³-hybridized carbons (Fsp3) is 1.00. The fourth-order valence-corrected chi connectivity index (χ4v) is 4.14. The number of halogens is 1. The number of hydrogen-bond donors (Lipinski definition) is 1. The molecule has 0 aromatic carbocycles. The zero-order valence-electron chi connectivity index (χ0n) is 11.2. The highest BCUT2D eigenvalue weighted by molar-refractivity contribution is 7.89. The Kier molecular flexibility index (Phi) is 8.38. The molecule has 2 atom stereocenters. The van der Waals surface area contributed by atoms with Crippen LogP contribution in [0.4, 0.5) is 0 Å². The van der Waals surface area contributed by atoms with E-state index in [1.807, 2.05) is 6.92 Å². The lowest BCUT2D eigenvalue weighted by molar-refractivity contribution is 0.197. The lowest BCUT2D eigenvalue weighted by Gasteiger charge is -2.36. The van der Waals surface area contributed by atoms with Crippen molar-refractivity contribution in [1.82, 2.24) is 4.31 Å².